The molecule has 0 atom stereocenters. The summed E-state index contributed by atoms with van der Waals surface area (Å²) in [5, 5.41) is 27.1. The van der Waals surface area contributed by atoms with Gasteiger partial charge in [0.15, 0.2) is 5.82 Å². The topological polar surface area (TPSA) is 171 Å². The average Bonchev–Trinajstić information content (AvgIpc) is 2.99. The van der Waals surface area contributed by atoms with E-state index in [4.69, 9.17) is 11.0 Å². The van der Waals surface area contributed by atoms with Crippen molar-refractivity contribution in [3.05, 3.63) is 39.6 Å². The Balaban J connectivity index is 2.18. The Labute approximate surface area is 168 Å². The number of nitro benzene ring substituents is 1. The molecule has 2 aromatic rings. The summed E-state index contributed by atoms with van der Waals surface area (Å²) < 4.78 is 27.0. The Kier molecular flexibility index (Phi) is 6.78. The van der Waals surface area contributed by atoms with Crippen LogP contribution in [-0.4, -0.2) is 43.2 Å². The van der Waals surface area contributed by atoms with Gasteiger partial charge >= 0.3 is 0 Å². The molecule has 12 heteroatoms. The second-order valence-corrected chi connectivity index (χ2v) is 8.50. The first-order chi connectivity index (χ1) is 13.6. The van der Waals surface area contributed by atoms with Crippen LogP contribution in [0.2, 0.25) is 0 Å². The van der Waals surface area contributed by atoms with Gasteiger partial charge < -0.3 is 10.6 Å². The minimum absolute atomic E-state index is 0.137. The van der Waals surface area contributed by atoms with Gasteiger partial charge in [-0.05, 0) is 38.8 Å². The molecular weight excluding hydrogens is 398 g/mol. The first-order valence-electron chi connectivity index (χ1n) is 8.81. The van der Waals surface area contributed by atoms with Gasteiger partial charge in [0.25, 0.3) is 5.69 Å². The zero-order valence-electron chi connectivity index (χ0n) is 16.3. The van der Waals surface area contributed by atoms with Gasteiger partial charge in [-0.25, -0.2) is 13.1 Å². The van der Waals surface area contributed by atoms with Crippen LogP contribution >= 0.6 is 0 Å². The molecule has 1 aromatic heterocycles. The van der Waals surface area contributed by atoms with Crippen LogP contribution in [0.4, 0.5) is 17.2 Å². The number of aromatic amines is 1. The van der Waals surface area contributed by atoms with Gasteiger partial charge in [0.1, 0.15) is 17.3 Å². The lowest BCUT2D eigenvalue weighted by molar-refractivity contribution is -0.384. The molecule has 156 valence electrons. The number of rotatable bonds is 9. The summed E-state index contributed by atoms with van der Waals surface area (Å²) in [4.78, 5) is 12.4. The van der Waals surface area contributed by atoms with Crippen molar-refractivity contribution < 1.29 is 13.3 Å². The summed E-state index contributed by atoms with van der Waals surface area (Å²) >= 11 is 0. The Morgan fingerprint density at radius 1 is 1.45 bits per heavy atom. The Morgan fingerprint density at radius 2 is 2.14 bits per heavy atom. The molecule has 1 heterocycles. The SMILES string of the molecule is CC(C)NS(=O)(=O)c1ccc(N(C)CCCc2[nH]nc(N)c2C#N)c([N+](=O)[O-])c1. The second-order valence-electron chi connectivity index (χ2n) is 6.78. The fourth-order valence-electron chi connectivity index (χ4n) is 2.83. The number of benzene rings is 1. The average molecular weight is 421 g/mol. The molecule has 1 aromatic carbocycles. The summed E-state index contributed by atoms with van der Waals surface area (Å²) in [6, 6.07) is 5.46. The standard InChI is InChI=1S/C17H23N7O4S/c1-11(2)22-29(27,28)12-6-7-15(16(9-12)24(25)26)23(3)8-4-5-14-13(10-18)17(19)21-20-14/h6-7,9,11,22H,4-5,8H2,1-3H3,(H3,19,20,21). The van der Waals surface area contributed by atoms with Crippen molar-refractivity contribution in [3.63, 3.8) is 0 Å². The number of sulfonamides is 1. The summed E-state index contributed by atoms with van der Waals surface area (Å²) in [6.07, 6.45) is 1.05. The highest BCUT2D eigenvalue weighted by molar-refractivity contribution is 7.89. The van der Waals surface area contributed by atoms with Crippen molar-refractivity contribution in [3.8, 4) is 6.07 Å². The van der Waals surface area contributed by atoms with Crippen LogP contribution in [0.1, 0.15) is 31.5 Å². The lowest BCUT2D eigenvalue weighted by Gasteiger charge is -2.19. The Morgan fingerprint density at radius 3 is 2.72 bits per heavy atom. The fourth-order valence-corrected chi connectivity index (χ4v) is 4.10. The maximum Gasteiger partial charge on any atom is 0.293 e. The smallest absolute Gasteiger partial charge is 0.293 e. The van der Waals surface area contributed by atoms with Crippen molar-refractivity contribution >= 4 is 27.2 Å². The number of nitrogens with one attached hydrogen (secondary N) is 2. The molecule has 4 N–H and O–H groups in total. The van der Waals surface area contributed by atoms with Crippen LogP contribution in [0.5, 0.6) is 0 Å². The molecule has 29 heavy (non-hydrogen) atoms. The molecule has 0 aliphatic rings. The molecule has 0 bridgehead atoms. The molecule has 0 saturated heterocycles. The van der Waals surface area contributed by atoms with E-state index in [2.05, 4.69) is 14.9 Å². The molecule has 0 unspecified atom stereocenters. The van der Waals surface area contributed by atoms with E-state index in [0.29, 0.717) is 36.3 Å². The second kappa shape index (κ2) is 8.89. The number of nitrogens with zero attached hydrogens (tertiary/aromatic N) is 4. The molecule has 0 radical (unpaired) electrons. The van der Waals surface area contributed by atoms with E-state index in [-0.39, 0.29) is 22.4 Å². The van der Waals surface area contributed by atoms with Crippen molar-refractivity contribution in [2.75, 3.05) is 24.2 Å². The molecular formula is C17H23N7O4S. The van der Waals surface area contributed by atoms with Crippen molar-refractivity contribution in [2.45, 2.75) is 37.6 Å². The van der Waals surface area contributed by atoms with E-state index in [1.807, 2.05) is 6.07 Å². The maximum atomic E-state index is 12.3. The third-order valence-electron chi connectivity index (χ3n) is 4.16. The van der Waals surface area contributed by atoms with Gasteiger partial charge in [0.05, 0.1) is 15.5 Å². The number of nitro groups is 1. The number of nitrogen functional groups attached to an aromatic ring is 1. The molecule has 0 aliphatic heterocycles. The van der Waals surface area contributed by atoms with Gasteiger partial charge in [0, 0.05) is 25.7 Å². The predicted octanol–water partition coefficient (Wildman–Crippen LogP) is 1.53. The quantitative estimate of drug-likeness (QED) is 0.404. The zero-order chi connectivity index (χ0) is 21.8. The van der Waals surface area contributed by atoms with Gasteiger partial charge in [-0.3, -0.25) is 15.2 Å². The van der Waals surface area contributed by atoms with Crippen LogP contribution in [0.25, 0.3) is 0 Å². The molecule has 0 spiro atoms. The lowest BCUT2D eigenvalue weighted by Crippen LogP contribution is -2.30. The van der Waals surface area contributed by atoms with Crippen LogP contribution in [-0.2, 0) is 16.4 Å². The summed E-state index contributed by atoms with van der Waals surface area (Å²) in [5.74, 6) is 0.137. The molecule has 11 nitrogen and oxygen atoms in total. The normalized spacial score (nSPS) is 11.4. The number of aryl methyl sites for hydroxylation is 1. The van der Waals surface area contributed by atoms with Gasteiger partial charge in [-0.15, -0.1) is 0 Å². The van der Waals surface area contributed by atoms with E-state index in [1.54, 1.807) is 25.8 Å². The molecule has 0 fully saturated rings. The number of hydrogen-bond donors (Lipinski definition) is 3. The van der Waals surface area contributed by atoms with E-state index in [1.165, 1.54) is 12.1 Å². The van der Waals surface area contributed by atoms with Crippen molar-refractivity contribution in [1.29, 1.82) is 5.26 Å². The van der Waals surface area contributed by atoms with Crippen LogP contribution < -0.4 is 15.4 Å². The number of aromatic nitrogens is 2. The van der Waals surface area contributed by atoms with E-state index in [0.717, 1.165) is 6.07 Å². The third kappa shape index (κ3) is 5.21. The monoisotopic (exact) mass is 421 g/mol. The van der Waals surface area contributed by atoms with Crippen LogP contribution in [0.3, 0.4) is 0 Å². The van der Waals surface area contributed by atoms with Crippen molar-refractivity contribution in [2.24, 2.45) is 0 Å². The summed E-state index contributed by atoms with van der Waals surface area (Å²) in [7, 11) is -2.17. The van der Waals surface area contributed by atoms with Crippen molar-refractivity contribution in [1.82, 2.24) is 14.9 Å². The van der Waals surface area contributed by atoms with Crippen LogP contribution in [0.15, 0.2) is 23.1 Å². The highest BCUT2D eigenvalue weighted by atomic mass is 32.2. The Hall–Kier alpha value is -3.17. The van der Waals surface area contributed by atoms with E-state index >= 15 is 0 Å². The minimum Gasteiger partial charge on any atom is -0.381 e. The highest BCUT2D eigenvalue weighted by Gasteiger charge is 2.23. The first kappa shape index (κ1) is 22.1. The number of hydrogen-bond acceptors (Lipinski definition) is 8. The number of nitriles is 1. The highest BCUT2D eigenvalue weighted by Crippen LogP contribution is 2.30. The summed E-state index contributed by atoms with van der Waals surface area (Å²) in [5.41, 5.74) is 6.50. The first-order valence-corrected chi connectivity index (χ1v) is 10.3. The predicted molar refractivity (Wildman–Crippen MR) is 108 cm³/mol. The maximum absolute atomic E-state index is 12.3. The number of H-pyrrole nitrogens is 1. The number of anilines is 2. The third-order valence-corrected chi connectivity index (χ3v) is 5.81. The number of nitrogens with two attached hydrogens (primary N) is 1. The molecule has 2 rings (SSSR count). The van der Waals surface area contributed by atoms with E-state index in [9.17, 15) is 18.5 Å². The Bertz CT molecular complexity index is 1040. The summed E-state index contributed by atoms with van der Waals surface area (Å²) in [6.45, 7) is 3.76. The fraction of sp³-hybridized carbons (Fsp3) is 0.412. The minimum atomic E-state index is -3.84. The molecule has 0 saturated carbocycles. The molecule has 0 amide bonds. The van der Waals surface area contributed by atoms with Gasteiger partial charge in [-0.1, -0.05) is 0 Å². The van der Waals surface area contributed by atoms with Gasteiger partial charge in [-0.2, -0.15) is 10.4 Å². The van der Waals surface area contributed by atoms with E-state index < -0.39 is 14.9 Å². The lowest BCUT2D eigenvalue weighted by atomic mass is 10.1. The van der Waals surface area contributed by atoms with Gasteiger partial charge in [0.2, 0.25) is 10.0 Å². The van der Waals surface area contributed by atoms with Crippen LogP contribution in [0, 0.1) is 21.4 Å². The molecule has 0 aliphatic carbocycles. The largest absolute Gasteiger partial charge is 0.381 e. The zero-order valence-corrected chi connectivity index (χ0v) is 17.2.